The first-order valence-electron chi connectivity index (χ1n) is 6.04. The number of nitrogens with zero attached hydrogens (tertiary/aromatic N) is 2. The molecule has 0 bridgehead atoms. The standard InChI is InChI=1S/C12H21N3OS/c1-4-10-11(13-5-2)14-8-15-12(10)17-7-9(3)6-16/h8-9,16H,4-7H2,1-3H3,(H,13,14,15). The Morgan fingerprint density at radius 1 is 1.41 bits per heavy atom. The highest BCUT2D eigenvalue weighted by Gasteiger charge is 2.11. The van der Waals surface area contributed by atoms with Crippen molar-refractivity contribution in [1.29, 1.82) is 0 Å². The third kappa shape index (κ3) is 4.16. The molecule has 1 aromatic rings. The third-order valence-electron chi connectivity index (χ3n) is 2.42. The average molecular weight is 255 g/mol. The van der Waals surface area contributed by atoms with E-state index in [1.807, 2.05) is 6.92 Å². The van der Waals surface area contributed by atoms with E-state index in [1.165, 1.54) is 5.56 Å². The number of hydrogen-bond donors (Lipinski definition) is 2. The molecule has 5 heteroatoms. The summed E-state index contributed by atoms with van der Waals surface area (Å²) in [5.41, 5.74) is 1.17. The molecule has 0 aliphatic carbocycles. The molecule has 0 saturated carbocycles. The molecule has 0 saturated heterocycles. The van der Waals surface area contributed by atoms with E-state index in [4.69, 9.17) is 5.11 Å². The van der Waals surface area contributed by atoms with Gasteiger partial charge in [0.25, 0.3) is 0 Å². The highest BCUT2D eigenvalue weighted by Crippen LogP contribution is 2.26. The molecule has 1 heterocycles. The summed E-state index contributed by atoms with van der Waals surface area (Å²) in [6.45, 7) is 7.28. The van der Waals surface area contributed by atoms with Gasteiger partial charge in [0.15, 0.2) is 0 Å². The minimum Gasteiger partial charge on any atom is -0.396 e. The summed E-state index contributed by atoms with van der Waals surface area (Å²) >= 11 is 1.69. The van der Waals surface area contributed by atoms with Gasteiger partial charge >= 0.3 is 0 Å². The Morgan fingerprint density at radius 2 is 2.18 bits per heavy atom. The Hall–Kier alpha value is -0.810. The van der Waals surface area contributed by atoms with Crippen molar-refractivity contribution < 1.29 is 5.11 Å². The zero-order chi connectivity index (χ0) is 12.7. The normalized spacial score (nSPS) is 12.5. The number of nitrogens with one attached hydrogen (secondary N) is 1. The predicted molar refractivity (Wildman–Crippen MR) is 72.5 cm³/mol. The number of anilines is 1. The molecular weight excluding hydrogens is 234 g/mol. The van der Waals surface area contributed by atoms with Crippen LogP contribution in [-0.4, -0.2) is 34.0 Å². The van der Waals surface area contributed by atoms with Gasteiger partial charge in [0, 0.05) is 24.5 Å². The number of aliphatic hydroxyl groups is 1. The van der Waals surface area contributed by atoms with Gasteiger partial charge in [-0.15, -0.1) is 11.8 Å². The topological polar surface area (TPSA) is 58.0 Å². The van der Waals surface area contributed by atoms with Crippen molar-refractivity contribution in [3.8, 4) is 0 Å². The summed E-state index contributed by atoms with van der Waals surface area (Å²) in [5, 5.41) is 13.3. The second-order valence-electron chi connectivity index (χ2n) is 3.99. The number of hydrogen-bond acceptors (Lipinski definition) is 5. The van der Waals surface area contributed by atoms with Gasteiger partial charge in [-0.2, -0.15) is 0 Å². The SMILES string of the molecule is CCNc1ncnc(SCC(C)CO)c1CC. The van der Waals surface area contributed by atoms with Gasteiger partial charge in [-0.1, -0.05) is 13.8 Å². The van der Waals surface area contributed by atoms with Crippen LogP contribution in [0.2, 0.25) is 0 Å². The molecule has 0 spiro atoms. The van der Waals surface area contributed by atoms with Crippen LogP contribution in [0.3, 0.4) is 0 Å². The van der Waals surface area contributed by atoms with Crippen LogP contribution in [0.15, 0.2) is 11.4 Å². The molecule has 0 aromatic carbocycles. The van der Waals surface area contributed by atoms with Crippen molar-refractivity contribution in [2.75, 3.05) is 24.2 Å². The van der Waals surface area contributed by atoms with E-state index in [-0.39, 0.29) is 6.61 Å². The fourth-order valence-corrected chi connectivity index (χ4v) is 2.52. The van der Waals surface area contributed by atoms with Gasteiger partial charge in [-0.25, -0.2) is 9.97 Å². The van der Waals surface area contributed by atoms with Gasteiger partial charge in [-0.05, 0) is 19.3 Å². The maximum absolute atomic E-state index is 9.02. The number of thioether (sulfide) groups is 1. The molecule has 1 rings (SSSR count). The number of aliphatic hydroxyl groups excluding tert-OH is 1. The monoisotopic (exact) mass is 255 g/mol. The second-order valence-corrected chi connectivity index (χ2v) is 5.00. The first-order chi connectivity index (χ1) is 8.22. The van der Waals surface area contributed by atoms with Gasteiger partial charge in [0.2, 0.25) is 0 Å². The molecule has 0 fully saturated rings. The Balaban J connectivity index is 2.79. The van der Waals surface area contributed by atoms with Crippen LogP contribution in [0.4, 0.5) is 5.82 Å². The summed E-state index contributed by atoms with van der Waals surface area (Å²) in [6.07, 6.45) is 2.52. The first-order valence-corrected chi connectivity index (χ1v) is 7.02. The maximum Gasteiger partial charge on any atom is 0.133 e. The van der Waals surface area contributed by atoms with E-state index < -0.39 is 0 Å². The van der Waals surface area contributed by atoms with Crippen LogP contribution in [0.25, 0.3) is 0 Å². The van der Waals surface area contributed by atoms with Crippen molar-refractivity contribution in [3.05, 3.63) is 11.9 Å². The molecule has 17 heavy (non-hydrogen) atoms. The second kappa shape index (κ2) is 7.50. The largest absolute Gasteiger partial charge is 0.396 e. The van der Waals surface area contributed by atoms with Crippen molar-refractivity contribution >= 4 is 17.6 Å². The van der Waals surface area contributed by atoms with Crippen LogP contribution in [-0.2, 0) is 6.42 Å². The summed E-state index contributed by atoms with van der Waals surface area (Å²) in [4.78, 5) is 8.59. The van der Waals surface area contributed by atoms with Crippen molar-refractivity contribution in [2.45, 2.75) is 32.2 Å². The summed E-state index contributed by atoms with van der Waals surface area (Å²) < 4.78 is 0. The summed E-state index contributed by atoms with van der Waals surface area (Å²) in [7, 11) is 0. The van der Waals surface area contributed by atoms with E-state index in [0.29, 0.717) is 5.92 Å². The van der Waals surface area contributed by atoms with Gasteiger partial charge in [-0.3, -0.25) is 0 Å². The molecule has 0 radical (unpaired) electrons. The van der Waals surface area contributed by atoms with Crippen molar-refractivity contribution in [2.24, 2.45) is 5.92 Å². The molecule has 1 unspecified atom stereocenters. The third-order valence-corrected chi connectivity index (χ3v) is 3.78. The van der Waals surface area contributed by atoms with Crippen molar-refractivity contribution in [1.82, 2.24) is 9.97 Å². The van der Waals surface area contributed by atoms with E-state index in [9.17, 15) is 0 Å². The number of rotatable bonds is 7. The summed E-state index contributed by atoms with van der Waals surface area (Å²) in [5.74, 6) is 2.11. The molecule has 0 amide bonds. The Labute approximate surface area is 107 Å². The van der Waals surface area contributed by atoms with Crippen LogP contribution < -0.4 is 5.32 Å². The molecule has 4 nitrogen and oxygen atoms in total. The van der Waals surface area contributed by atoms with E-state index >= 15 is 0 Å². The van der Waals surface area contributed by atoms with E-state index in [2.05, 4.69) is 29.1 Å². The van der Waals surface area contributed by atoms with Crippen LogP contribution >= 0.6 is 11.8 Å². The molecule has 1 aromatic heterocycles. The molecule has 1 atom stereocenters. The highest BCUT2D eigenvalue weighted by atomic mass is 32.2. The maximum atomic E-state index is 9.02. The zero-order valence-electron chi connectivity index (χ0n) is 10.7. The first kappa shape index (κ1) is 14.3. The van der Waals surface area contributed by atoms with E-state index in [0.717, 1.165) is 29.6 Å². The summed E-state index contributed by atoms with van der Waals surface area (Å²) in [6, 6.07) is 0. The Morgan fingerprint density at radius 3 is 2.76 bits per heavy atom. The lowest BCUT2D eigenvalue weighted by atomic mass is 10.2. The van der Waals surface area contributed by atoms with Crippen molar-refractivity contribution in [3.63, 3.8) is 0 Å². The smallest absolute Gasteiger partial charge is 0.133 e. The molecule has 0 aliphatic rings. The molecule has 96 valence electrons. The number of aromatic nitrogens is 2. The van der Waals surface area contributed by atoms with Crippen LogP contribution in [0.5, 0.6) is 0 Å². The van der Waals surface area contributed by atoms with Crippen LogP contribution in [0.1, 0.15) is 26.3 Å². The fraction of sp³-hybridized carbons (Fsp3) is 0.667. The molecule has 2 N–H and O–H groups in total. The predicted octanol–water partition coefficient (Wildman–Crippen LogP) is 2.19. The minimum absolute atomic E-state index is 0.222. The lowest BCUT2D eigenvalue weighted by Gasteiger charge is -2.13. The van der Waals surface area contributed by atoms with E-state index in [1.54, 1.807) is 18.1 Å². The molecular formula is C12H21N3OS. The fourth-order valence-electron chi connectivity index (χ4n) is 1.43. The lowest BCUT2D eigenvalue weighted by molar-refractivity contribution is 0.250. The minimum atomic E-state index is 0.222. The van der Waals surface area contributed by atoms with Gasteiger partial charge < -0.3 is 10.4 Å². The van der Waals surface area contributed by atoms with Crippen LogP contribution in [0, 0.1) is 5.92 Å². The quantitative estimate of drug-likeness (QED) is 0.578. The Kier molecular flexibility index (Phi) is 6.29. The van der Waals surface area contributed by atoms with Gasteiger partial charge in [0.05, 0.1) is 0 Å². The lowest BCUT2D eigenvalue weighted by Crippen LogP contribution is -2.07. The highest BCUT2D eigenvalue weighted by molar-refractivity contribution is 7.99. The zero-order valence-corrected chi connectivity index (χ0v) is 11.5. The molecule has 0 aliphatic heterocycles. The Bertz CT molecular complexity index is 347. The average Bonchev–Trinajstić information content (AvgIpc) is 2.36. The van der Waals surface area contributed by atoms with Gasteiger partial charge in [0.1, 0.15) is 17.2 Å².